The lowest BCUT2D eigenvalue weighted by Crippen LogP contribution is -2.58. The van der Waals surface area contributed by atoms with Crippen molar-refractivity contribution in [2.24, 2.45) is 0 Å². The minimum atomic E-state index is 0.249. The van der Waals surface area contributed by atoms with E-state index in [4.69, 9.17) is 0 Å². The molecule has 3 heteroatoms. The first kappa shape index (κ1) is 18.9. The molecule has 21 heavy (non-hydrogen) atoms. The van der Waals surface area contributed by atoms with Gasteiger partial charge >= 0.3 is 0 Å². The highest BCUT2D eigenvalue weighted by atomic mass is 15.3. The SMILES string of the molecule is CCNC(C)(C)CCC(C)(C)N1CCN(C(C)(C)C)CC1. The Bertz CT molecular complexity index is 307. The van der Waals surface area contributed by atoms with E-state index in [-0.39, 0.29) is 5.54 Å². The molecule has 0 spiro atoms. The standard InChI is InChI=1S/C18H39N3/c1-9-19-17(5,6)10-11-18(7,8)21-14-12-20(13-15-21)16(2,3)4/h19H,9-15H2,1-8H3. The zero-order valence-corrected chi connectivity index (χ0v) is 15.8. The zero-order valence-electron chi connectivity index (χ0n) is 15.8. The van der Waals surface area contributed by atoms with Gasteiger partial charge in [0.25, 0.3) is 0 Å². The predicted octanol–water partition coefficient (Wildman–Crippen LogP) is 3.35. The van der Waals surface area contributed by atoms with Crippen molar-refractivity contribution in [3.05, 3.63) is 0 Å². The molecule has 0 aromatic rings. The van der Waals surface area contributed by atoms with Crippen molar-refractivity contribution < 1.29 is 0 Å². The molecule has 1 aliphatic heterocycles. The maximum Gasteiger partial charge on any atom is 0.0155 e. The summed E-state index contributed by atoms with van der Waals surface area (Å²) in [7, 11) is 0. The Labute approximate surface area is 133 Å². The summed E-state index contributed by atoms with van der Waals surface area (Å²) in [4.78, 5) is 5.30. The molecular formula is C18H39N3. The lowest BCUT2D eigenvalue weighted by atomic mass is 9.87. The van der Waals surface area contributed by atoms with Crippen LogP contribution >= 0.6 is 0 Å². The van der Waals surface area contributed by atoms with Crippen LogP contribution in [0.3, 0.4) is 0 Å². The van der Waals surface area contributed by atoms with Gasteiger partial charge in [0.1, 0.15) is 0 Å². The topological polar surface area (TPSA) is 18.5 Å². The Morgan fingerprint density at radius 1 is 0.762 bits per heavy atom. The lowest BCUT2D eigenvalue weighted by molar-refractivity contribution is 0.00855. The number of nitrogens with zero attached hydrogens (tertiary/aromatic N) is 2. The van der Waals surface area contributed by atoms with Crippen molar-refractivity contribution >= 4 is 0 Å². The molecule has 1 N–H and O–H groups in total. The summed E-state index contributed by atoms with van der Waals surface area (Å²) in [6.45, 7) is 24.5. The highest BCUT2D eigenvalue weighted by Crippen LogP contribution is 2.27. The first-order valence-electron chi connectivity index (χ1n) is 8.73. The lowest BCUT2D eigenvalue weighted by Gasteiger charge is -2.48. The second kappa shape index (κ2) is 6.97. The Hall–Kier alpha value is -0.120. The normalized spacial score (nSPS) is 20.0. The van der Waals surface area contributed by atoms with Crippen molar-refractivity contribution in [3.8, 4) is 0 Å². The van der Waals surface area contributed by atoms with Crippen molar-refractivity contribution in [3.63, 3.8) is 0 Å². The third-order valence-corrected chi connectivity index (χ3v) is 5.10. The Morgan fingerprint density at radius 3 is 1.67 bits per heavy atom. The summed E-state index contributed by atoms with van der Waals surface area (Å²) in [6, 6.07) is 0. The number of rotatable bonds is 6. The van der Waals surface area contributed by atoms with E-state index in [1.54, 1.807) is 0 Å². The van der Waals surface area contributed by atoms with Crippen LogP contribution in [0, 0.1) is 0 Å². The van der Waals surface area contributed by atoms with Crippen LogP contribution in [0.5, 0.6) is 0 Å². The molecule has 0 aliphatic carbocycles. The second-order valence-electron chi connectivity index (χ2n) is 8.87. The monoisotopic (exact) mass is 297 g/mol. The molecule has 1 aliphatic rings. The molecule has 1 rings (SSSR count). The fraction of sp³-hybridized carbons (Fsp3) is 1.00. The van der Waals surface area contributed by atoms with Crippen LogP contribution in [0.4, 0.5) is 0 Å². The summed E-state index contributed by atoms with van der Waals surface area (Å²) in [5, 5.41) is 3.60. The summed E-state index contributed by atoms with van der Waals surface area (Å²) >= 11 is 0. The summed E-state index contributed by atoms with van der Waals surface area (Å²) in [6.07, 6.45) is 2.48. The minimum absolute atomic E-state index is 0.249. The third-order valence-electron chi connectivity index (χ3n) is 5.10. The first-order chi connectivity index (χ1) is 9.48. The van der Waals surface area contributed by atoms with Gasteiger partial charge in [0.2, 0.25) is 0 Å². The van der Waals surface area contributed by atoms with Gasteiger partial charge < -0.3 is 5.32 Å². The highest BCUT2D eigenvalue weighted by Gasteiger charge is 2.33. The average Bonchev–Trinajstić information content (AvgIpc) is 2.36. The van der Waals surface area contributed by atoms with Gasteiger partial charge in [0.15, 0.2) is 0 Å². The maximum atomic E-state index is 3.60. The van der Waals surface area contributed by atoms with Crippen molar-refractivity contribution in [2.45, 2.75) is 84.8 Å². The van der Waals surface area contributed by atoms with E-state index in [2.05, 4.69) is 70.5 Å². The fourth-order valence-corrected chi connectivity index (χ4v) is 3.33. The van der Waals surface area contributed by atoms with Crippen molar-refractivity contribution in [2.75, 3.05) is 32.7 Å². The molecule has 1 saturated heterocycles. The average molecular weight is 298 g/mol. The van der Waals surface area contributed by atoms with Gasteiger partial charge in [-0.1, -0.05) is 6.92 Å². The summed E-state index contributed by atoms with van der Waals surface area (Å²) in [5.41, 5.74) is 0.860. The highest BCUT2D eigenvalue weighted by molar-refractivity contribution is 4.91. The van der Waals surface area contributed by atoms with E-state index in [0.29, 0.717) is 11.1 Å². The molecule has 126 valence electrons. The van der Waals surface area contributed by atoms with Crippen LogP contribution in [0.1, 0.15) is 68.2 Å². The molecule has 3 nitrogen and oxygen atoms in total. The molecule has 1 fully saturated rings. The zero-order chi connectivity index (χ0) is 16.3. The number of hydrogen-bond acceptors (Lipinski definition) is 3. The van der Waals surface area contributed by atoms with Crippen LogP contribution in [0.15, 0.2) is 0 Å². The van der Waals surface area contributed by atoms with Crippen LogP contribution < -0.4 is 5.32 Å². The van der Waals surface area contributed by atoms with Crippen LogP contribution in [-0.2, 0) is 0 Å². The molecule has 0 amide bonds. The van der Waals surface area contributed by atoms with Crippen molar-refractivity contribution in [1.29, 1.82) is 0 Å². The van der Waals surface area contributed by atoms with Gasteiger partial charge in [-0.2, -0.15) is 0 Å². The Kier molecular flexibility index (Phi) is 6.28. The number of hydrogen-bond donors (Lipinski definition) is 1. The van der Waals surface area contributed by atoms with Gasteiger partial charge in [0.05, 0.1) is 0 Å². The third kappa shape index (κ3) is 5.88. The van der Waals surface area contributed by atoms with Gasteiger partial charge in [-0.25, -0.2) is 0 Å². The van der Waals surface area contributed by atoms with E-state index in [1.165, 1.54) is 39.0 Å². The summed E-state index contributed by atoms with van der Waals surface area (Å²) < 4.78 is 0. The van der Waals surface area contributed by atoms with Gasteiger partial charge in [-0.05, 0) is 67.9 Å². The molecule has 0 radical (unpaired) electrons. The molecule has 0 atom stereocenters. The minimum Gasteiger partial charge on any atom is -0.312 e. The van der Waals surface area contributed by atoms with Gasteiger partial charge in [-0.3, -0.25) is 9.80 Å². The van der Waals surface area contributed by atoms with Crippen LogP contribution in [0.25, 0.3) is 0 Å². The molecule has 1 heterocycles. The van der Waals surface area contributed by atoms with E-state index in [9.17, 15) is 0 Å². The van der Waals surface area contributed by atoms with Crippen LogP contribution in [-0.4, -0.2) is 59.1 Å². The van der Waals surface area contributed by atoms with E-state index in [1.807, 2.05) is 0 Å². The van der Waals surface area contributed by atoms with Gasteiger partial charge in [0, 0.05) is 42.8 Å². The van der Waals surface area contributed by atoms with E-state index < -0.39 is 0 Å². The van der Waals surface area contributed by atoms with Crippen LogP contribution in [0.2, 0.25) is 0 Å². The number of nitrogens with one attached hydrogen (secondary N) is 1. The summed E-state index contributed by atoms with van der Waals surface area (Å²) in [5.74, 6) is 0. The second-order valence-corrected chi connectivity index (χ2v) is 8.87. The maximum absolute atomic E-state index is 3.60. The molecule has 0 aromatic carbocycles. The number of piperazine rings is 1. The van der Waals surface area contributed by atoms with E-state index in [0.717, 1.165) is 6.54 Å². The van der Waals surface area contributed by atoms with Gasteiger partial charge in [-0.15, -0.1) is 0 Å². The molecule has 0 unspecified atom stereocenters. The molecule has 0 bridgehead atoms. The smallest absolute Gasteiger partial charge is 0.0155 e. The Balaban J connectivity index is 2.49. The molecule has 0 aromatic heterocycles. The Morgan fingerprint density at radius 2 is 1.24 bits per heavy atom. The quantitative estimate of drug-likeness (QED) is 0.811. The van der Waals surface area contributed by atoms with Crippen molar-refractivity contribution in [1.82, 2.24) is 15.1 Å². The largest absolute Gasteiger partial charge is 0.312 e. The first-order valence-corrected chi connectivity index (χ1v) is 8.73. The predicted molar refractivity (Wildman–Crippen MR) is 94.0 cm³/mol. The molecular weight excluding hydrogens is 258 g/mol. The fourth-order valence-electron chi connectivity index (χ4n) is 3.33. The van der Waals surface area contributed by atoms with E-state index >= 15 is 0 Å². The molecule has 0 saturated carbocycles.